The molecule has 1 N–H and O–H groups in total. The predicted octanol–water partition coefficient (Wildman–Crippen LogP) is 1.41. The highest BCUT2D eigenvalue weighted by Gasteiger charge is 2.44. The Morgan fingerprint density at radius 2 is 1.90 bits per heavy atom. The third-order valence-electron chi connectivity index (χ3n) is 6.25. The van der Waals surface area contributed by atoms with E-state index in [1.807, 2.05) is 31.2 Å². The molecular weight excluding hydrogens is 406 g/mol. The van der Waals surface area contributed by atoms with Gasteiger partial charge in [-0.15, -0.1) is 0 Å². The van der Waals surface area contributed by atoms with Crippen molar-refractivity contribution in [1.82, 2.24) is 13.9 Å². The minimum Gasteiger partial charge on any atom is -0.352 e. The zero-order chi connectivity index (χ0) is 21.2. The molecule has 166 valence electrons. The zero-order valence-corrected chi connectivity index (χ0v) is 18.3. The number of amides is 1. The number of ether oxygens (including phenoxy) is 2. The van der Waals surface area contributed by atoms with Gasteiger partial charge in [-0.25, -0.2) is 0 Å². The summed E-state index contributed by atoms with van der Waals surface area (Å²) in [6, 6.07) is 8.00. The Morgan fingerprint density at radius 3 is 2.60 bits per heavy atom. The molecule has 1 atom stereocenters. The lowest BCUT2D eigenvalue weighted by Crippen LogP contribution is -2.54. The quantitative estimate of drug-likeness (QED) is 0.753. The van der Waals surface area contributed by atoms with E-state index in [0.717, 1.165) is 11.1 Å². The van der Waals surface area contributed by atoms with Gasteiger partial charge in [-0.2, -0.15) is 17.0 Å². The molecule has 4 rings (SSSR count). The van der Waals surface area contributed by atoms with E-state index in [-0.39, 0.29) is 18.4 Å². The van der Waals surface area contributed by atoms with Gasteiger partial charge in [0.1, 0.15) is 0 Å². The maximum absolute atomic E-state index is 13.2. The van der Waals surface area contributed by atoms with Crippen molar-refractivity contribution in [3.8, 4) is 0 Å². The molecule has 3 heterocycles. The standard InChI is InChI=1S/C21H31N3O5S/c1-17-4-2-5-18(14-17)15-22-20(25)19-6-3-9-24(16-19)30(26,27)23-10-7-21(8-11-23)28-12-13-29-21/h2,4-5,14,19H,3,6-13,15-16H2,1H3,(H,22,25). The van der Waals surface area contributed by atoms with Crippen molar-refractivity contribution in [2.75, 3.05) is 39.4 Å². The summed E-state index contributed by atoms with van der Waals surface area (Å²) in [5.41, 5.74) is 2.19. The third-order valence-corrected chi connectivity index (χ3v) is 8.26. The number of hydrogen-bond donors (Lipinski definition) is 1. The fraction of sp³-hybridized carbons (Fsp3) is 0.667. The Kier molecular flexibility index (Phi) is 6.45. The number of nitrogens with zero attached hydrogens (tertiary/aromatic N) is 2. The maximum Gasteiger partial charge on any atom is 0.282 e. The molecule has 0 saturated carbocycles. The highest BCUT2D eigenvalue weighted by Crippen LogP contribution is 2.33. The van der Waals surface area contributed by atoms with Crippen LogP contribution in [0.15, 0.2) is 24.3 Å². The molecular formula is C21H31N3O5S. The Balaban J connectivity index is 1.33. The highest BCUT2D eigenvalue weighted by molar-refractivity contribution is 7.86. The fourth-order valence-corrected chi connectivity index (χ4v) is 6.23. The first-order valence-corrected chi connectivity index (χ1v) is 12.1. The van der Waals surface area contributed by atoms with Crippen LogP contribution in [-0.2, 0) is 31.0 Å². The molecule has 0 aliphatic carbocycles. The SMILES string of the molecule is Cc1cccc(CNC(=O)C2CCCN(S(=O)(=O)N3CCC4(CC3)OCCO4)C2)c1. The van der Waals surface area contributed by atoms with E-state index in [1.54, 1.807) is 0 Å². The van der Waals surface area contributed by atoms with Gasteiger partial charge in [0.2, 0.25) is 5.91 Å². The van der Waals surface area contributed by atoms with E-state index in [1.165, 1.54) is 8.61 Å². The summed E-state index contributed by atoms with van der Waals surface area (Å²) in [4.78, 5) is 12.7. The summed E-state index contributed by atoms with van der Waals surface area (Å²) in [6.07, 6.45) is 2.48. The fourth-order valence-electron chi connectivity index (χ4n) is 4.53. The molecule has 3 aliphatic heterocycles. The summed E-state index contributed by atoms with van der Waals surface area (Å²) in [6.45, 7) is 5.05. The summed E-state index contributed by atoms with van der Waals surface area (Å²) in [7, 11) is -3.59. The topological polar surface area (TPSA) is 88.2 Å². The van der Waals surface area contributed by atoms with Crippen LogP contribution in [0.2, 0.25) is 0 Å². The number of benzene rings is 1. The van der Waals surface area contributed by atoms with Crippen LogP contribution in [0.5, 0.6) is 0 Å². The van der Waals surface area contributed by atoms with Crippen LogP contribution >= 0.6 is 0 Å². The van der Waals surface area contributed by atoms with E-state index < -0.39 is 16.0 Å². The Hall–Kier alpha value is -1.52. The van der Waals surface area contributed by atoms with Crippen LogP contribution in [-0.4, -0.2) is 68.1 Å². The van der Waals surface area contributed by atoms with Crippen molar-refractivity contribution in [3.63, 3.8) is 0 Å². The second-order valence-electron chi connectivity index (χ2n) is 8.42. The summed E-state index contributed by atoms with van der Waals surface area (Å²) in [5.74, 6) is -1.01. The third kappa shape index (κ3) is 4.70. The molecule has 0 bridgehead atoms. The number of carbonyl (C=O) groups is 1. The van der Waals surface area contributed by atoms with Crippen molar-refractivity contribution in [3.05, 3.63) is 35.4 Å². The lowest BCUT2D eigenvalue weighted by atomic mass is 9.98. The van der Waals surface area contributed by atoms with Gasteiger partial charge in [-0.05, 0) is 25.3 Å². The Morgan fingerprint density at radius 1 is 1.17 bits per heavy atom. The molecule has 1 aromatic carbocycles. The van der Waals surface area contributed by atoms with Gasteiger partial charge in [0.25, 0.3) is 10.2 Å². The summed E-state index contributed by atoms with van der Waals surface area (Å²) >= 11 is 0. The Labute approximate surface area is 178 Å². The van der Waals surface area contributed by atoms with Crippen LogP contribution in [0.3, 0.4) is 0 Å². The zero-order valence-electron chi connectivity index (χ0n) is 17.5. The van der Waals surface area contributed by atoms with Crippen LogP contribution < -0.4 is 5.32 Å². The number of nitrogens with one attached hydrogen (secondary N) is 1. The molecule has 8 nitrogen and oxygen atoms in total. The van der Waals surface area contributed by atoms with Gasteiger partial charge >= 0.3 is 0 Å². The average Bonchev–Trinajstić information content (AvgIpc) is 3.20. The molecule has 0 aromatic heterocycles. The minimum atomic E-state index is -3.59. The largest absolute Gasteiger partial charge is 0.352 e. The molecule has 1 amide bonds. The first kappa shape index (κ1) is 21.7. The number of rotatable bonds is 5. The van der Waals surface area contributed by atoms with Crippen molar-refractivity contribution in [2.45, 2.75) is 44.9 Å². The van der Waals surface area contributed by atoms with Gasteiger partial charge in [0.15, 0.2) is 5.79 Å². The number of aryl methyl sites for hydroxylation is 1. The second-order valence-corrected chi connectivity index (χ2v) is 10.3. The summed E-state index contributed by atoms with van der Waals surface area (Å²) < 4.78 is 40.7. The predicted molar refractivity (Wildman–Crippen MR) is 112 cm³/mol. The minimum absolute atomic E-state index is 0.0817. The lowest BCUT2D eigenvalue weighted by Gasteiger charge is -2.40. The van der Waals surface area contributed by atoms with Crippen molar-refractivity contribution < 1.29 is 22.7 Å². The smallest absolute Gasteiger partial charge is 0.282 e. The molecule has 3 aliphatic rings. The Bertz CT molecular complexity index is 859. The lowest BCUT2D eigenvalue weighted by molar-refractivity contribution is -0.179. The molecule has 1 unspecified atom stereocenters. The van der Waals surface area contributed by atoms with Crippen molar-refractivity contribution >= 4 is 16.1 Å². The first-order chi connectivity index (χ1) is 14.4. The van der Waals surface area contributed by atoms with E-state index in [4.69, 9.17) is 9.47 Å². The first-order valence-electron chi connectivity index (χ1n) is 10.7. The van der Waals surface area contributed by atoms with Gasteiger partial charge in [-0.3, -0.25) is 4.79 Å². The van der Waals surface area contributed by atoms with Gasteiger partial charge < -0.3 is 14.8 Å². The average molecular weight is 438 g/mol. The molecule has 0 radical (unpaired) electrons. The molecule has 1 aromatic rings. The van der Waals surface area contributed by atoms with Gasteiger partial charge in [0, 0.05) is 45.6 Å². The van der Waals surface area contributed by atoms with Crippen molar-refractivity contribution in [2.24, 2.45) is 5.92 Å². The summed E-state index contributed by atoms with van der Waals surface area (Å²) in [5, 5.41) is 2.97. The van der Waals surface area contributed by atoms with Crippen LogP contribution in [0.4, 0.5) is 0 Å². The van der Waals surface area contributed by atoms with Crippen LogP contribution in [0.1, 0.15) is 36.8 Å². The van der Waals surface area contributed by atoms with Gasteiger partial charge in [-0.1, -0.05) is 29.8 Å². The maximum atomic E-state index is 13.2. The normalized spacial score (nSPS) is 25.4. The van der Waals surface area contributed by atoms with E-state index in [9.17, 15) is 13.2 Å². The monoisotopic (exact) mass is 437 g/mol. The number of carbonyl (C=O) groups excluding carboxylic acids is 1. The van der Waals surface area contributed by atoms with Crippen LogP contribution in [0, 0.1) is 12.8 Å². The van der Waals surface area contributed by atoms with E-state index >= 15 is 0 Å². The van der Waals surface area contributed by atoms with E-state index in [0.29, 0.717) is 65.1 Å². The molecule has 30 heavy (non-hydrogen) atoms. The molecule has 9 heteroatoms. The number of hydrogen-bond acceptors (Lipinski definition) is 5. The highest BCUT2D eigenvalue weighted by atomic mass is 32.2. The second kappa shape index (κ2) is 8.92. The molecule has 3 fully saturated rings. The molecule has 3 saturated heterocycles. The van der Waals surface area contributed by atoms with Gasteiger partial charge in [0.05, 0.1) is 19.1 Å². The van der Waals surface area contributed by atoms with Crippen LogP contribution in [0.25, 0.3) is 0 Å². The number of piperidine rings is 2. The van der Waals surface area contributed by atoms with E-state index in [2.05, 4.69) is 5.32 Å². The van der Waals surface area contributed by atoms with Crippen molar-refractivity contribution in [1.29, 1.82) is 0 Å². The molecule has 1 spiro atoms.